The van der Waals surface area contributed by atoms with Crippen molar-refractivity contribution in [1.29, 1.82) is 0 Å². The van der Waals surface area contributed by atoms with Gasteiger partial charge in [-0.15, -0.1) is 0 Å². The standard InChI is InChI=1S/C52H60Cl4N12O12/c53-29-21-33-41(69)34(22-29)46(74)59-5-13-67-14-6-62-50(78)36-24-30(54)23-35(42(36)70)47(75)58-2-10-65(9-1-57-45(33)73)17-18-66-11-3-60-48(76)37-25-31(55)27-39(43(37)71)51(79)63-7-15-68(20-19-67)16-8-64-52(80)40-28-32(56)26-38(44(40)72)49(77)61-4-12-66/h21-28,69-72H,1-20H2,(H,57,73)(H,58,75)(H,59,74)(H,60,76)(H,61,77)(H,62,78)(H,63,79)(H,64,80). The van der Waals surface area contributed by atoms with Crippen LogP contribution in [0.1, 0.15) is 82.9 Å². The largest absolute Gasteiger partial charge is 0.506 e. The molecule has 0 radical (unpaired) electrons. The van der Waals surface area contributed by atoms with Gasteiger partial charge >= 0.3 is 0 Å². The fraction of sp³-hybridized carbons (Fsp3) is 0.385. The minimum atomic E-state index is -0.756. The van der Waals surface area contributed by atoms with Crippen LogP contribution in [0.3, 0.4) is 0 Å². The molecule has 0 unspecified atom stereocenters. The van der Waals surface area contributed by atoms with E-state index in [0.29, 0.717) is 0 Å². The molecule has 0 saturated heterocycles. The normalized spacial score (nSPS) is 21.4. The van der Waals surface area contributed by atoms with Gasteiger partial charge in [0.15, 0.2) is 0 Å². The predicted octanol–water partition coefficient (Wildman–Crippen LogP) is 1.31. The lowest BCUT2D eigenvalue weighted by Gasteiger charge is -2.28. The number of phenols is 4. The maximum Gasteiger partial charge on any atom is 0.255 e. The van der Waals surface area contributed by atoms with Crippen molar-refractivity contribution in [3.05, 3.63) is 113 Å². The van der Waals surface area contributed by atoms with Gasteiger partial charge in [-0.25, -0.2) is 0 Å². The highest BCUT2D eigenvalue weighted by Crippen LogP contribution is 2.31. The van der Waals surface area contributed by atoms with Crippen molar-refractivity contribution in [2.75, 3.05) is 131 Å². The van der Waals surface area contributed by atoms with Crippen LogP contribution in [0.15, 0.2) is 48.5 Å². The minimum absolute atomic E-state index is 0.00852. The fourth-order valence-electron chi connectivity index (χ4n) is 9.07. The van der Waals surface area contributed by atoms with E-state index in [4.69, 9.17) is 46.4 Å². The number of hydrogen-bond donors (Lipinski definition) is 12. The second-order valence-corrected chi connectivity index (χ2v) is 20.6. The average molecular weight is 1190 g/mol. The first kappa shape index (κ1) is 60.5. The third-order valence-electron chi connectivity index (χ3n) is 13.4. The summed E-state index contributed by atoms with van der Waals surface area (Å²) in [6.45, 7) is 1.12. The van der Waals surface area contributed by atoms with Gasteiger partial charge in [0.1, 0.15) is 23.0 Å². The van der Waals surface area contributed by atoms with Crippen LogP contribution in [0.5, 0.6) is 23.0 Å². The molecule has 0 aliphatic carbocycles. The number of nitrogens with one attached hydrogen (secondary N) is 8. The first-order valence-electron chi connectivity index (χ1n) is 25.5. The second-order valence-electron chi connectivity index (χ2n) is 18.8. The predicted molar refractivity (Wildman–Crippen MR) is 297 cm³/mol. The van der Waals surface area contributed by atoms with Gasteiger partial charge in [0.25, 0.3) is 47.3 Å². The molecule has 4 heterocycles. The highest BCUT2D eigenvalue weighted by molar-refractivity contribution is 6.33. The van der Waals surface area contributed by atoms with E-state index in [2.05, 4.69) is 42.5 Å². The number of rotatable bonds is 0. The summed E-state index contributed by atoms with van der Waals surface area (Å²) in [5.74, 6) is -8.53. The quantitative estimate of drug-likeness (QED) is 0.118. The summed E-state index contributed by atoms with van der Waals surface area (Å²) in [5, 5.41) is 67.3. The number of hydrogen-bond acceptors (Lipinski definition) is 16. The number of aromatic hydroxyl groups is 4. The Morgan fingerprint density at radius 1 is 0.250 bits per heavy atom. The number of halogens is 4. The lowest BCUT2D eigenvalue weighted by molar-refractivity contribution is 0.0909. The second kappa shape index (κ2) is 28.3. The van der Waals surface area contributed by atoms with Gasteiger partial charge in [0.05, 0.1) is 44.5 Å². The molecule has 24 nitrogen and oxygen atoms in total. The molecule has 0 saturated carbocycles. The van der Waals surface area contributed by atoms with Gasteiger partial charge in [-0.05, 0) is 48.5 Å². The van der Waals surface area contributed by atoms with Crippen molar-refractivity contribution >= 4 is 93.7 Å². The van der Waals surface area contributed by atoms with Crippen LogP contribution < -0.4 is 42.5 Å². The van der Waals surface area contributed by atoms with Crippen LogP contribution >= 0.6 is 46.4 Å². The molecular formula is C52H60Cl4N12O12. The van der Waals surface area contributed by atoms with E-state index in [1.165, 1.54) is 48.5 Å². The van der Waals surface area contributed by atoms with Gasteiger partial charge in [0, 0.05) is 151 Å². The highest BCUT2D eigenvalue weighted by Gasteiger charge is 2.27. The van der Waals surface area contributed by atoms with Crippen LogP contribution in [0.25, 0.3) is 0 Å². The van der Waals surface area contributed by atoms with E-state index in [1.54, 1.807) is 0 Å². The summed E-state index contributed by atoms with van der Waals surface area (Å²) < 4.78 is 0. The maximum atomic E-state index is 13.7. The van der Waals surface area contributed by atoms with Crippen molar-refractivity contribution in [2.45, 2.75) is 0 Å². The SMILES string of the molecule is O=C1NCCN2CCNC(=O)c3cc(Cl)cc(c3O)C(=O)NCCN(CCNC(=O)c3cc(Cl)cc1c3O)CCN1CCNC(=O)c3cc(Cl)cc(c3O)C(=O)NCCN(CCNC(=O)c3cc(Cl)cc(c3O)C(=O)NCC1)CC2. The van der Waals surface area contributed by atoms with Gasteiger partial charge < -0.3 is 63.0 Å². The molecule has 4 aromatic carbocycles. The molecule has 0 spiro atoms. The molecular weight excluding hydrogens is 1130 g/mol. The van der Waals surface area contributed by atoms with Gasteiger partial charge in [-0.1, -0.05) is 46.4 Å². The summed E-state index contributed by atoms with van der Waals surface area (Å²) in [5.41, 5.74) is -2.22. The zero-order valence-corrected chi connectivity index (χ0v) is 46.1. The lowest BCUT2D eigenvalue weighted by Crippen LogP contribution is -2.46. The van der Waals surface area contributed by atoms with E-state index in [0.717, 1.165) is 0 Å². The third kappa shape index (κ3) is 16.0. The molecule has 8 amide bonds. The molecule has 0 fully saturated rings. The summed E-state index contributed by atoms with van der Waals surface area (Å²) in [6.07, 6.45) is 0. The zero-order chi connectivity index (χ0) is 57.6. The molecule has 12 N–H and O–H groups in total. The summed E-state index contributed by atoms with van der Waals surface area (Å²) in [7, 11) is 0. The van der Waals surface area contributed by atoms with Gasteiger partial charge in [-0.2, -0.15) is 0 Å². The van der Waals surface area contributed by atoms with Crippen LogP contribution in [0.4, 0.5) is 0 Å². The number of amides is 8. The van der Waals surface area contributed by atoms with E-state index < -0.39 is 70.3 Å². The molecule has 4 aromatic rings. The number of benzene rings is 4. The number of carbonyl (C=O) groups is 8. The Labute approximate surface area is 479 Å². The molecule has 8 rings (SSSR count). The van der Waals surface area contributed by atoms with E-state index in [9.17, 15) is 58.8 Å². The Hall–Kier alpha value is -7.16. The Morgan fingerprint density at radius 3 is 0.500 bits per heavy atom. The van der Waals surface area contributed by atoms with E-state index in [-0.39, 0.29) is 195 Å². The van der Waals surface area contributed by atoms with Crippen molar-refractivity contribution in [3.63, 3.8) is 0 Å². The summed E-state index contributed by atoms with van der Waals surface area (Å²) in [4.78, 5) is 117. The lowest BCUT2D eigenvalue weighted by atomic mass is 10.1. The van der Waals surface area contributed by atoms with Crippen molar-refractivity contribution in [2.24, 2.45) is 0 Å². The monoisotopic (exact) mass is 1180 g/mol. The van der Waals surface area contributed by atoms with Crippen molar-refractivity contribution in [3.8, 4) is 23.0 Å². The Balaban J connectivity index is 1.31. The summed E-state index contributed by atoms with van der Waals surface area (Å²) in [6, 6.07) is 9.75. The Morgan fingerprint density at radius 2 is 0.375 bits per heavy atom. The number of carbonyl (C=O) groups excluding carboxylic acids is 8. The maximum absolute atomic E-state index is 13.7. The van der Waals surface area contributed by atoms with Crippen LogP contribution in [0.2, 0.25) is 20.1 Å². The Kier molecular flexibility index (Phi) is 21.4. The first-order chi connectivity index (χ1) is 38.3. The molecule has 4 aliphatic rings. The van der Waals surface area contributed by atoms with Crippen LogP contribution in [0, 0.1) is 0 Å². The smallest absolute Gasteiger partial charge is 0.255 e. The first-order valence-corrected chi connectivity index (χ1v) is 27.0. The molecule has 80 heavy (non-hydrogen) atoms. The molecule has 428 valence electrons. The van der Waals surface area contributed by atoms with E-state index >= 15 is 0 Å². The average Bonchev–Trinajstić information content (AvgIpc) is 3.46. The topological polar surface area (TPSA) is 327 Å². The molecule has 28 heteroatoms. The fourth-order valence-corrected chi connectivity index (χ4v) is 9.94. The van der Waals surface area contributed by atoms with Crippen molar-refractivity contribution < 1.29 is 58.8 Å². The Bertz CT molecular complexity index is 2470. The number of fused-ring (bicyclic) bond motifs is 16. The molecule has 4 aliphatic heterocycles. The minimum Gasteiger partial charge on any atom is -0.506 e. The number of nitrogens with zero attached hydrogens (tertiary/aromatic N) is 4. The van der Waals surface area contributed by atoms with Gasteiger partial charge in [-0.3, -0.25) is 58.0 Å². The molecule has 0 aromatic heterocycles. The number of phenolic OH excluding ortho intramolecular Hbond substituents is 4. The van der Waals surface area contributed by atoms with Crippen LogP contribution in [-0.4, -0.2) is 218 Å². The molecule has 0 atom stereocenters. The van der Waals surface area contributed by atoms with Crippen molar-refractivity contribution in [1.82, 2.24) is 62.1 Å². The van der Waals surface area contributed by atoms with E-state index in [1.807, 2.05) is 19.6 Å². The van der Waals surface area contributed by atoms with Crippen LogP contribution in [-0.2, 0) is 0 Å². The highest BCUT2D eigenvalue weighted by atomic mass is 35.5. The summed E-state index contributed by atoms with van der Waals surface area (Å²) >= 11 is 25.7. The van der Waals surface area contributed by atoms with Gasteiger partial charge in [0.2, 0.25) is 0 Å². The third-order valence-corrected chi connectivity index (χ3v) is 14.3. The molecule has 12 bridgehead atoms. The zero-order valence-electron chi connectivity index (χ0n) is 43.1.